The van der Waals surface area contributed by atoms with E-state index in [1.54, 1.807) is 6.07 Å². The number of hydrogen-bond donors (Lipinski definition) is 2. The highest BCUT2D eigenvalue weighted by Crippen LogP contribution is 2.17. The summed E-state index contributed by atoms with van der Waals surface area (Å²) >= 11 is 0. The number of amides is 1. The van der Waals surface area contributed by atoms with Crippen LogP contribution in [0.4, 0.5) is 0 Å². The van der Waals surface area contributed by atoms with Gasteiger partial charge in [0.1, 0.15) is 5.69 Å². The summed E-state index contributed by atoms with van der Waals surface area (Å²) in [7, 11) is 0. The number of aliphatic hydroxyl groups excluding tert-OH is 1. The summed E-state index contributed by atoms with van der Waals surface area (Å²) in [5.41, 5.74) is 1.42. The quantitative estimate of drug-likeness (QED) is 0.806. The molecule has 0 fully saturated rings. The van der Waals surface area contributed by atoms with Crippen molar-refractivity contribution in [3.63, 3.8) is 0 Å². The van der Waals surface area contributed by atoms with Crippen molar-refractivity contribution in [2.45, 2.75) is 59.6 Å². The van der Waals surface area contributed by atoms with Crippen LogP contribution in [0, 0.1) is 12.8 Å². The summed E-state index contributed by atoms with van der Waals surface area (Å²) in [4.78, 5) is 12.0. The third-order valence-corrected chi connectivity index (χ3v) is 3.68. The van der Waals surface area contributed by atoms with Crippen LogP contribution in [0.5, 0.6) is 0 Å². The van der Waals surface area contributed by atoms with Gasteiger partial charge in [-0.15, -0.1) is 0 Å². The van der Waals surface area contributed by atoms with E-state index in [-0.39, 0.29) is 18.4 Å². The molecular formula is C15H27N3O2. The van der Waals surface area contributed by atoms with Gasteiger partial charge < -0.3 is 10.4 Å². The lowest BCUT2D eigenvalue weighted by Gasteiger charge is -2.15. The summed E-state index contributed by atoms with van der Waals surface area (Å²) in [6.45, 7) is 10.3. The molecule has 2 N–H and O–H groups in total. The van der Waals surface area contributed by atoms with Crippen molar-refractivity contribution in [3.8, 4) is 0 Å². The minimum absolute atomic E-state index is 0.124. The average molecular weight is 281 g/mol. The van der Waals surface area contributed by atoms with Crippen LogP contribution < -0.4 is 5.32 Å². The van der Waals surface area contributed by atoms with Crippen LogP contribution in [0.25, 0.3) is 0 Å². The van der Waals surface area contributed by atoms with Crippen LogP contribution in [-0.2, 0) is 0 Å². The SMILES string of the molecule is CCC(CC)n1nc(C(=O)NCC(O)C(C)C)cc1C. The number of nitrogens with one attached hydrogen (secondary N) is 1. The van der Waals surface area contributed by atoms with Gasteiger partial charge in [-0.3, -0.25) is 9.48 Å². The Morgan fingerprint density at radius 2 is 2.00 bits per heavy atom. The Kier molecular flexibility index (Phi) is 6.20. The maximum absolute atomic E-state index is 12.0. The molecule has 0 spiro atoms. The third-order valence-electron chi connectivity index (χ3n) is 3.68. The molecule has 1 aromatic heterocycles. The molecule has 0 aromatic carbocycles. The lowest BCUT2D eigenvalue weighted by Crippen LogP contribution is -2.35. The Balaban J connectivity index is 2.72. The van der Waals surface area contributed by atoms with Gasteiger partial charge in [-0.2, -0.15) is 5.10 Å². The molecule has 1 heterocycles. The minimum Gasteiger partial charge on any atom is -0.391 e. The highest BCUT2D eigenvalue weighted by atomic mass is 16.3. The van der Waals surface area contributed by atoms with Gasteiger partial charge in [0.25, 0.3) is 5.91 Å². The van der Waals surface area contributed by atoms with Gasteiger partial charge in [-0.05, 0) is 31.7 Å². The Morgan fingerprint density at radius 3 is 2.50 bits per heavy atom. The predicted molar refractivity (Wildman–Crippen MR) is 79.8 cm³/mol. The first kappa shape index (κ1) is 16.7. The van der Waals surface area contributed by atoms with Gasteiger partial charge in [0.2, 0.25) is 0 Å². The van der Waals surface area contributed by atoms with Crippen molar-refractivity contribution >= 4 is 5.91 Å². The standard InChI is InChI=1S/C15H27N3O2/c1-6-12(7-2)18-11(5)8-13(17-18)15(20)16-9-14(19)10(3)4/h8,10,12,14,19H,6-7,9H2,1-5H3,(H,16,20). The second kappa shape index (κ2) is 7.43. The fourth-order valence-electron chi connectivity index (χ4n) is 2.13. The first-order valence-corrected chi connectivity index (χ1v) is 7.43. The van der Waals surface area contributed by atoms with Crippen LogP contribution in [0.3, 0.4) is 0 Å². The van der Waals surface area contributed by atoms with E-state index in [2.05, 4.69) is 24.3 Å². The van der Waals surface area contributed by atoms with E-state index >= 15 is 0 Å². The van der Waals surface area contributed by atoms with Crippen molar-refractivity contribution in [1.82, 2.24) is 15.1 Å². The summed E-state index contributed by atoms with van der Waals surface area (Å²) in [5.74, 6) is -0.100. The van der Waals surface area contributed by atoms with Crippen molar-refractivity contribution in [2.24, 2.45) is 5.92 Å². The van der Waals surface area contributed by atoms with Crippen LogP contribution in [0.2, 0.25) is 0 Å². The number of aliphatic hydroxyl groups is 1. The van der Waals surface area contributed by atoms with Gasteiger partial charge in [0, 0.05) is 12.2 Å². The number of rotatable bonds is 7. The van der Waals surface area contributed by atoms with Crippen molar-refractivity contribution in [2.75, 3.05) is 6.54 Å². The molecule has 1 unspecified atom stereocenters. The summed E-state index contributed by atoms with van der Waals surface area (Å²) in [6.07, 6.45) is 1.46. The molecule has 0 saturated heterocycles. The molecular weight excluding hydrogens is 254 g/mol. The highest BCUT2D eigenvalue weighted by molar-refractivity contribution is 5.92. The topological polar surface area (TPSA) is 67.2 Å². The van der Waals surface area contributed by atoms with E-state index in [1.807, 2.05) is 25.5 Å². The number of nitrogens with zero attached hydrogens (tertiary/aromatic N) is 2. The molecule has 0 saturated carbocycles. The third kappa shape index (κ3) is 4.07. The number of aromatic nitrogens is 2. The van der Waals surface area contributed by atoms with Crippen molar-refractivity contribution in [1.29, 1.82) is 0 Å². The lowest BCUT2D eigenvalue weighted by atomic mass is 10.1. The van der Waals surface area contributed by atoms with Gasteiger partial charge in [0.15, 0.2) is 0 Å². The van der Waals surface area contributed by atoms with E-state index in [0.29, 0.717) is 11.7 Å². The number of aryl methyl sites for hydroxylation is 1. The Bertz CT molecular complexity index is 436. The smallest absolute Gasteiger partial charge is 0.271 e. The maximum Gasteiger partial charge on any atom is 0.271 e. The van der Waals surface area contributed by atoms with Crippen molar-refractivity contribution < 1.29 is 9.90 Å². The molecule has 1 rings (SSSR count). The fourth-order valence-corrected chi connectivity index (χ4v) is 2.13. The molecule has 1 atom stereocenters. The summed E-state index contributed by atoms with van der Waals surface area (Å²) in [6, 6.07) is 2.13. The molecule has 0 bridgehead atoms. The van der Waals surface area contributed by atoms with Gasteiger partial charge in [-0.1, -0.05) is 27.7 Å². The normalized spacial score (nSPS) is 13.0. The number of hydrogen-bond acceptors (Lipinski definition) is 3. The molecule has 0 aliphatic rings. The van der Waals surface area contributed by atoms with Crippen LogP contribution in [-0.4, -0.2) is 33.4 Å². The Morgan fingerprint density at radius 1 is 1.40 bits per heavy atom. The van der Waals surface area contributed by atoms with E-state index in [9.17, 15) is 9.90 Å². The number of carbonyl (C=O) groups is 1. The zero-order valence-corrected chi connectivity index (χ0v) is 13.2. The molecule has 5 nitrogen and oxygen atoms in total. The summed E-state index contributed by atoms with van der Waals surface area (Å²) < 4.78 is 1.92. The van der Waals surface area contributed by atoms with E-state index in [0.717, 1.165) is 18.5 Å². The molecule has 20 heavy (non-hydrogen) atoms. The molecule has 5 heteroatoms. The Labute approximate surface area is 121 Å². The summed E-state index contributed by atoms with van der Waals surface area (Å²) in [5, 5.41) is 16.8. The second-order valence-corrected chi connectivity index (χ2v) is 5.61. The predicted octanol–water partition coefficient (Wildman–Crippen LogP) is 2.30. The maximum atomic E-state index is 12.0. The van der Waals surface area contributed by atoms with E-state index in [1.165, 1.54) is 0 Å². The van der Waals surface area contributed by atoms with E-state index < -0.39 is 6.10 Å². The Hall–Kier alpha value is -1.36. The molecule has 114 valence electrons. The molecule has 0 radical (unpaired) electrons. The van der Waals surface area contributed by atoms with E-state index in [4.69, 9.17) is 0 Å². The second-order valence-electron chi connectivity index (χ2n) is 5.61. The molecule has 0 aliphatic heterocycles. The zero-order valence-electron chi connectivity index (χ0n) is 13.2. The fraction of sp³-hybridized carbons (Fsp3) is 0.733. The minimum atomic E-state index is -0.527. The van der Waals surface area contributed by atoms with Gasteiger partial charge in [-0.25, -0.2) is 0 Å². The van der Waals surface area contributed by atoms with Crippen molar-refractivity contribution in [3.05, 3.63) is 17.5 Å². The van der Waals surface area contributed by atoms with Crippen LogP contribution >= 0.6 is 0 Å². The molecule has 1 amide bonds. The molecule has 0 aliphatic carbocycles. The molecule has 1 aromatic rings. The average Bonchev–Trinajstić information content (AvgIpc) is 2.79. The first-order valence-electron chi connectivity index (χ1n) is 7.43. The van der Waals surface area contributed by atoms with Gasteiger partial charge >= 0.3 is 0 Å². The zero-order chi connectivity index (χ0) is 15.3. The largest absolute Gasteiger partial charge is 0.391 e. The monoisotopic (exact) mass is 281 g/mol. The van der Waals surface area contributed by atoms with Gasteiger partial charge in [0.05, 0.1) is 12.1 Å². The first-order chi connectivity index (χ1) is 9.40. The number of carbonyl (C=O) groups excluding carboxylic acids is 1. The van der Waals surface area contributed by atoms with Crippen LogP contribution in [0.1, 0.15) is 62.8 Å². The highest BCUT2D eigenvalue weighted by Gasteiger charge is 2.17. The van der Waals surface area contributed by atoms with Crippen LogP contribution in [0.15, 0.2) is 6.07 Å². The lowest BCUT2D eigenvalue weighted by molar-refractivity contribution is 0.0866.